The lowest BCUT2D eigenvalue weighted by atomic mass is 10.0. The van der Waals surface area contributed by atoms with Crippen molar-refractivity contribution in [1.29, 1.82) is 5.41 Å². The molecule has 2 nitrogen and oxygen atoms in total. The fraction of sp³-hybridized carbons (Fsp3) is 0.188. The quantitative estimate of drug-likeness (QED) is 0.631. The van der Waals surface area contributed by atoms with E-state index in [1.807, 2.05) is 54.6 Å². The highest BCUT2D eigenvalue weighted by Crippen LogP contribution is 2.19. The highest BCUT2D eigenvalue weighted by molar-refractivity contribution is 5.93. The van der Waals surface area contributed by atoms with Gasteiger partial charge in [-0.25, -0.2) is 0 Å². The largest absolute Gasteiger partial charge is 0.439 e. The van der Waals surface area contributed by atoms with Crippen molar-refractivity contribution in [3.63, 3.8) is 0 Å². The smallest absolute Gasteiger partial charge is 0.219 e. The normalized spacial score (nSPS) is 10.4. The maximum absolute atomic E-state index is 7.88. The number of rotatable bonds is 3. The molecule has 0 aromatic heterocycles. The van der Waals surface area contributed by atoms with E-state index >= 15 is 0 Å². The van der Waals surface area contributed by atoms with Crippen LogP contribution in [0.5, 0.6) is 5.75 Å². The van der Waals surface area contributed by atoms with Crippen LogP contribution in [-0.2, 0) is 0 Å². The number of hydrogen-bond acceptors (Lipinski definition) is 2. The molecular weight excluding hydrogens is 222 g/mol. The van der Waals surface area contributed by atoms with Crippen molar-refractivity contribution in [3.05, 3.63) is 65.7 Å². The summed E-state index contributed by atoms with van der Waals surface area (Å²) in [6.45, 7) is 4.31. The molecule has 0 heterocycles. The summed E-state index contributed by atoms with van der Waals surface area (Å²) in [4.78, 5) is 0. The molecule has 0 spiro atoms. The minimum atomic E-state index is 0.174. The zero-order chi connectivity index (χ0) is 13.0. The van der Waals surface area contributed by atoms with Gasteiger partial charge >= 0.3 is 0 Å². The van der Waals surface area contributed by atoms with Crippen molar-refractivity contribution in [2.45, 2.75) is 19.8 Å². The van der Waals surface area contributed by atoms with E-state index in [9.17, 15) is 0 Å². The minimum Gasteiger partial charge on any atom is -0.439 e. The van der Waals surface area contributed by atoms with E-state index in [2.05, 4.69) is 13.8 Å². The maximum atomic E-state index is 7.88. The highest BCUT2D eigenvalue weighted by atomic mass is 16.5. The van der Waals surface area contributed by atoms with Crippen molar-refractivity contribution >= 4 is 5.90 Å². The van der Waals surface area contributed by atoms with Crippen molar-refractivity contribution in [2.24, 2.45) is 0 Å². The molecule has 2 rings (SSSR count). The van der Waals surface area contributed by atoms with Crippen LogP contribution in [0, 0.1) is 5.41 Å². The molecule has 18 heavy (non-hydrogen) atoms. The molecule has 0 aliphatic rings. The Morgan fingerprint density at radius 3 is 2.11 bits per heavy atom. The number of hydrogen-bond donors (Lipinski definition) is 1. The molecular formula is C16H17NO. The second kappa shape index (κ2) is 5.50. The van der Waals surface area contributed by atoms with Crippen LogP contribution < -0.4 is 4.74 Å². The van der Waals surface area contributed by atoms with Gasteiger partial charge in [-0.05, 0) is 35.7 Å². The van der Waals surface area contributed by atoms with E-state index < -0.39 is 0 Å². The van der Waals surface area contributed by atoms with Gasteiger partial charge in [0.05, 0.1) is 0 Å². The van der Waals surface area contributed by atoms with E-state index in [0.29, 0.717) is 11.7 Å². The summed E-state index contributed by atoms with van der Waals surface area (Å²) in [5, 5.41) is 7.88. The van der Waals surface area contributed by atoms with Crippen LogP contribution in [0.4, 0.5) is 0 Å². The Morgan fingerprint density at radius 2 is 1.56 bits per heavy atom. The first-order chi connectivity index (χ1) is 8.66. The Kier molecular flexibility index (Phi) is 3.78. The van der Waals surface area contributed by atoms with Crippen molar-refractivity contribution in [1.82, 2.24) is 0 Å². The van der Waals surface area contributed by atoms with Crippen LogP contribution in [-0.4, -0.2) is 5.90 Å². The molecule has 2 heteroatoms. The van der Waals surface area contributed by atoms with Gasteiger partial charge in [-0.2, -0.15) is 0 Å². The van der Waals surface area contributed by atoms with Crippen LogP contribution in [0.1, 0.15) is 30.9 Å². The minimum absolute atomic E-state index is 0.174. The van der Waals surface area contributed by atoms with Crippen LogP contribution in [0.25, 0.3) is 0 Å². The van der Waals surface area contributed by atoms with Gasteiger partial charge < -0.3 is 4.74 Å². The summed E-state index contributed by atoms with van der Waals surface area (Å²) in [6, 6.07) is 17.4. The Morgan fingerprint density at radius 1 is 0.944 bits per heavy atom. The van der Waals surface area contributed by atoms with Gasteiger partial charge in [0.2, 0.25) is 5.90 Å². The molecule has 2 aromatic carbocycles. The van der Waals surface area contributed by atoms with Gasteiger partial charge in [0.1, 0.15) is 5.75 Å². The lowest BCUT2D eigenvalue weighted by Crippen LogP contribution is -2.08. The molecule has 92 valence electrons. The molecule has 0 unspecified atom stereocenters. The van der Waals surface area contributed by atoms with Crippen LogP contribution >= 0.6 is 0 Å². The number of nitrogens with one attached hydrogen (secondary N) is 1. The average Bonchev–Trinajstić information content (AvgIpc) is 2.40. The first-order valence-electron chi connectivity index (χ1n) is 6.08. The second-order valence-corrected chi connectivity index (χ2v) is 4.52. The van der Waals surface area contributed by atoms with E-state index in [1.54, 1.807) is 0 Å². The van der Waals surface area contributed by atoms with Gasteiger partial charge in [-0.1, -0.05) is 44.2 Å². The summed E-state index contributed by atoms with van der Waals surface area (Å²) >= 11 is 0. The van der Waals surface area contributed by atoms with E-state index in [0.717, 1.165) is 5.56 Å². The molecule has 0 amide bonds. The molecule has 0 aliphatic heterocycles. The van der Waals surface area contributed by atoms with Gasteiger partial charge in [-0.3, -0.25) is 5.41 Å². The molecule has 0 radical (unpaired) electrons. The van der Waals surface area contributed by atoms with E-state index in [-0.39, 0.29) is 5.90 Å². The SMILES string of the molecule is CC(C)c1ccc(OC(=N)c2ccccc2)cc1. The van der Waals surface area contributed by atoms with E-state index in [1.165, 1.54) is 5.56 Å². The topological polar surface area (TPSA) is 33.1 Å². The second-order valence-electron chi connectivity index (χ2n) is 4.52. The van der Waals surface area contributed by atoms with Crippen molar-refractivity contribution < 1.29 is 4.74 Å². The predicted octanol–water partition coefficient (Wildman–Crippen LogP) is 4.21. The highest BCUT2D eigenvalue weighted by Gasteiger charge is 2.04. The third-order valence-electron chi connectivity index (χ3n) is 2.80. The summed E-state index contributed by atoms with van der Waals surface area (Å²) in [5.41, 5.74) is 2.05. The van der Waals surface area contributed by atoms with Crippen LogP contribution in [0.3, 0.4) is 0 Å². The summed E-state index contributed by atoms with van der Waals surface area (Å²) in [5.74, 6) is 1.38. The van der Waals surface area contributed by atoms with Gasteiger partial charge in [0.25, 0.3) is 0 Å². The summed E-state index contributed by atoms with van der Waals surface area (Å²) < 4.78 is 5.52. The average molecular weight is 239 g/mol. The predicted molar refractivity (Wildman–Crippen MR) is 74.4 cm³/mol. The molecule has 0 bridgehead atoms. The molecule has 0 saturated heterocycles. The standard InChI is InChI=1S/C16H17NO/c1-12(2)13-8-10-15(11-9-13)18-16(17)14-6-4-3-5-7-14/h3-12,17H,1-2H3. The Balaban J connectivity index is 2.08. The zero-order valence-corrected chi connectivity index (χ0v) is 10.7. The monoisotopic (exact) mass is 239 g/mol. The van der Waals surface area contributed by atoms with Crippen molar-refractivity contribution in [3.8, 4) is 5.75 Å². The lowest BCUT2D eigenvalue weighted by Gasteiger charge is -2.09. The third kappa shape index (κ3) is 2.98. The maximum Gasteiger partial charge on any atom is 0.219 e. The Labute approximate surface area is 108 Å². The molecule has 2 aromatic rings. The van der Waals surface area contributed by atoms with E-state index in [4.69, 9.17) is 10.1 Å². The summed E-state index contributed by atoms with van der Waals surface area (Å²) in [6.07, 6.45) is 0. The third-order valence-corrected chi connectivity index (χ3v) is 2.80. The fourth-order valence-electron chi connectivity index (χ4n) is 1.69. The number of benzene rings is 2. The molecule has 0 fully saturated rings. The first-order valence-corrected chi connectivity index (χ1v) is 6.08. The Bertz CT molecular complexity index is 515. The van der Waals surface area contributed by atoms with Gasteiger partial charge in [-0.15, -0.1) is 0 Å². The molecule has 0 aliphatic carbocycles. The number of ether oxygens (including phenoxy) is 1. The molecule has 0 atom stereocenters. The van der Waals surface area contributed by atoms with Gasteiger partial charge in [0, 0.05) is 5.56 Å². The van der Waals surface area contributed by atoms with Gasteiger partial charge in [0.15, 0.2) is 0 Å². The van der Waals surface area contributed by atoms with Crippen LogP contribution in [0.2, 0.25) is 0 Å². The first kappa shape index (κ1) is 12.4. The fourth-order valence-corrected chi connectivity index (χ4v) is 1.69. The molecule has 1 N–H and O–H groups in total. The zero-order valence-electron chi connectivity index (χ0n) is 10.7. The van der Waals surface area contributed by atoms with Crippen LogP contribution in [0.15, 0.2) is 54.6 Å². The Hall–Kier alpha value is -2.09. The lowest BCUT2D eigenvalue weighted by molar-refractivity contribution is 0.547. The molecule has 0 saturated carbocycles. The summed E-state index contributed by atoms with van der Waals surface area (Å²) in [7, 11) is 0. The van der Waals surface area contributed by atoms with Crippen molar-refractivity contribution in [2.75, 3.05) is 0 Å².